The van der Waals surface area contributed by atoms with E-state index in [1.807, 2.05) is 48.9 Å². The quantitative estimate of drug-likeness (QED) is 0.724. The van der Waals surface area contributed by atoms with E-state index >= 15 is 0 Å². The number of aromatic nitrogens is 2. The molecule has 1 aliphatic rings. The topological polar surface area (TPSA) is 83.6 Å². The number of hydrogen-bond acceptors (Lipinski definition) is 5. The van der Waals surface area contributed by atoms with Gasteiger partial charge in [-0.15, -0.1) is 0 Å². The summed E-state index contributed by atoms with van der Waals surface area (Å²) in [6.07, 6.45) is 0. The van der Waals surface area contributed by atoms with Crippen LogP contribution in [-0.2, 0) is 7.05 Å². The number of nitrogens with one attached hydrogen (secondary N) is 1. The Morgan fingerprint density at radius 1 is 1.07 bits per heavy atom. The minimum absolute atomic E-state index is 0.113. The molecule has 7 nitrogen and oxygen atoms in total. The summed E-state index contributed by atoms with van der Waals surface area (Å²) in [6.45, 7) is 2.20. The molecule has 0 atom stereocenters. The zero-order valence-electron chi connectivity index (χ0n) is 16.3. The second-order valence-corrected chi connectivity index (χ2v) is 6.81. The number of amidine groups is 1. The zero-order chi connectivity index (χ0) is 20.0. The molecule has 1 aromatic heterocycles. The molecular formula is C21H22N4O3. The van der Waals surface area contributed by atoms with Crippen LogP contribution < -0.4 is 14.4 Å². The zero-order valence-corrected chi connectivity index (χ0v) is 16.3. The fourth-order valence-corrected chi connectivity index (χ4v) is 3.52. The number of methoxy groups -OCH3 is 2. The third-order valence-electron chi connectivity index (χ3n) is 5.01. The first-order chi connectivity index (χ1) is 13.4. The van der Waals surface area contributed by atoms with Gasteiger partial charge in [0.1, 0.15) is 28.9 Å². The van der Waals surface area contributed by atoms with Crippen molar-refractivity contribution in [3.05, 3.63) is 53.5 Å². The van der Waals surface area contributed by atoms with Gasteiger partial charge in [-0.25, -0.2) is 4.98 Å². The maximum Gasteiger partial charge on any atom is 0.148 e. The van der Waals surface area contributed by atoms with Crippen molar-refractivity contribution >= 4 is 28.1 Å². The van der Waals surface area contributed by atoms with E-state index in [1.54, 1.807) is 25.2 Å². The number of aliphatic hydroxyl groups excluding tert-OH is 1. The lowest BCUT2D eigenvalue weighted by Crippen LogP contribution is -2.26. The van der Waals surface area contributed by atoms with Gasteiger partial charge in [-0.2, -0.15) is 0 Å². The number of fused-ring (bicyclic) bond motifs is 1. The number of benzene rings is 2. The molecule has 0 saturated carbocycles. The Labute approximate surface area is 162 Å². The minimum Gasteiger partial charge on any atom is -0.509 e. The van der Waals surface area contributed by atoms with Gasteiger partial charge in [0.05, 0.1) is 43.1 Å². The highest BCUT2D eigenvalue weighted by Crippen LogP contribution is 2.35. The van der Waals surface area contributed by atoms with Gasteiger partial charge < -0.3 is 24.0 Å². The molecule has 0 radical (unpaired) electrons. The van der Waals surface area contributed by atoms with E-state index in [2.05, 4.69) is 4.98 Å². The van der Waals surface area contributed by atoms with Gasteiger partial charge in [0.15, 0.2) is 0 Å². The van der Waals surface area contributed by atoms with Gasteiger partial charge >= 0.3 is 0 Å². The lowest BCUT2D eigenvalue weighted by atomic mass is 10.2. The van der Waals surface area contributed by atoms with Crippen molar-refractivity contribution in [1.82, 2.24) is 9.55 Å². The summed E-state index contributed by atoms with van der Waals surface area (Å²) in [5, 5.41) is 19.4. The largest absolute Gasteiger partial charge is 0.509 e. The summed E-state index contributed by atoms with van der Waals surface area (Å²) in [6, 6.07) is 11.4. The lowest BCUT2D eigenvalue weighted by molar-refractivity contribution is 0.394. The molecule has 1 aliphatic heterocycles. The highest BCUT2D eigenvalue weighted by molar-refractivity contribution is 6.30. The van der Waals surface area contributed by atoms with Gasteiger partial charge in [-0.1, -0.05) is 6.07 Å². The summed E-state index contributed by atoms with van der Waals surface area (Å²) in [7, 11) is 5.05. The fraction of sp³-hybridized carbons (Fsp3) is 0.238. The minimum atomic E-state index is 0.113. The molecule has 2 N–H and O–H groups in total. The van der Waals surface area contributed by atoms with Crippen LogP contribution in [0, 0.1) is 12.3 Å². The first-order valence-corrected chi connectivity index (χ1v) is 8.88. The van der Waals surface area contributed by atoms with Crippen molar-refractivity contribution in [3.63, 3.8) is 0 Å². The SMILES string of the molecule is COc1cc(OC)cc(N2CC(O)=C(c3nc4cc(C)ccc4n3C)C2=N)c1. The Balaban J connectivity index is 1.77. The molecule has 0 aliphatic carbocycles. The second kappa shape index (κ2) is 6.60. The van der Waals surface area contributed by atoms with Crippen molar-refractivity contribution in [1.29, 1.82) is 5.41 Å². The normalized spacial score (nSPS) is 14.3. The lowest BCUT2D eigenvalue weighted by Gasteiger charge is -2.20. The summed E-state index contributed by atoms with van der Waals surface area (Å²) in [5.41, 5.74) is 4.04. The Hall–Kier alpha value is -3.48. The first-order valence-electron chi connectivity index (χ1n) is 8.88. The highest BCUT2D eigenvalue weighted by Gasteiger charge is 2.32. The summed E-state index contributed by atoms with van der Waals surface area (Å²) in [4.78, 5) is 6.39. The standard InChI is InChI=1S/C21H22N4O3/c1-12-5-6-17-16(7-12)23-21(24(17)2)19-18(26)11-25(20(19)22)13-8-14(27-3)10-15(9-13)28-4/h5-10,22,26H,11H2,1-4H3. The van der Waals surface area contributed by atoms with Crippen LogP contribution in [0.4, 0.5) is 5.69 Å². The van der Waals surface area contributed by atoms with E-state index in [0.29, 0.717) is 28.6 Å². The predicted molar refractivity (Wildman–Crippen MR) is 110 cm³/mol. The Bertz CT molecular complexity index is 1110. The van der Waals surface area contributed by atoms with E-state index in [4.69, 9.17) is 14.9 Å². The molecule has 3 aromatic rings. The number of nitrogens with zero attached hydrogens (tertiary/aromatic N) is 3. The van der Waals surface area contributed by atoms with Crippen molar-refractivity contribution < 1.29 is 14.6 Å². The molecule has 28 heavy (non-hydrogen) atoms. The third-order valence-corrected chi connectivity index (χ3v) is 5.01. The van der Waals surface area contributed by atoms with E-state index in [0.717, 1.165) is 16.6 Å². The molecule has 2 heterocycles. The van der Waals surface area contributed by atoms with Gasteiger partial charge in [-0.05, 0) is 24.6 Å². The molecule has 7 heteroatoms. The second-order valence-electron chi connectivity index (χ2n) is 6.81. The molecule has 0 bridgehead atoms. The summed E-state index contributed by atoms with van der Waals surface area (Å²) < 4.78 is 12.6. The van der Waals surface area contributed by atoms with Crippen LogP contribution in [0.15, 0.2) is 42.2 Å². The molecular weight excluding hydrogens is 356 g/mol. The number of ether oxygens (including phenoxy) is 2. The number of anilines is 1. The van der Waals surface area contributed by atoms with Crippen molar-refractivity contribution in [2.45, 2.75) is 6.92 Å². The van der Waals surface area contributed by atoms with Crippen molar-refractivity contribution in [3.8, 4) is 11.5 Å². The molecule has 0 fully saturated rings. The van der Waals surface area contributed by atoms with Crippen LogP contribution in [0.5, 0.6) is 11.5 Å². The van der Waals surface area contributed by atoms with Gasteiger partial charge in [0, 0.05) is 25.2 Å². The number of aliphatic hydroxyl groups is 1. The third kappa shape index (κ3) is 2.76. The van der Waals surface area contributed by atoms with Crippen molar-refractivity contribution in [2.24, 2.45) is 7.05 Å². The van der Waals surface area contributed by atoms with Crippen LogP contribution in [0.1, 0.15) is 11.4 Å². The molecule has 4 rings (SSSR count). The van der Waals surface area contributed by atoms with Crippen LogP contribution >= 0.6 is 0 Å². The summed E-state index contributed by atoms with van der Waals surface area (Å²) in [5.74, 6) is 2.10. The maximum absolute atomic E-state index is 10.7. The Morgan fingerprint density at radius 3 is 2.39 bits per heavy atom. The monoisotopic (exact) mass is 378 g/mol. The number of aryl methyl sites for hydroxylation is 2. The molecule has 0 amide bonds. The average Bonchev–Trinajstić information content (AvgIpc) is 3.16. The van der Waals surface area contributed by atoms with Crippen LogP contribution in [0.2, 0.25) is 0 Å². The smallest absolute Gasteiger partial charge is 0.148 e. The maximum atomic E-state index is 10.7. The Kier molecular flexibility index (Phi) is 4.22. The molecule has 0 saturated heterocycles. The predicted octanol–water partition coefficient (Wildman–Crippen LogP) is 3.67. The van der Waals surface area contributed by atoms with Gasteiger partial charge in [-0.3, -0.25) is 5.41 Å². The number of rotatable bonds is 4. The van der Waals surface area contributed by atoms with E-state index in [9.17, 15) is 5.11 Å². The van der Waals surface area contributed by atoms with E-state index < -0.39 is 0 Å². The fourth-order valence-electron chi connectivity index (χ4n) is 3.52. The first kappa shape index (κ1) is 17.9. The Morgan fingerprint density at radius 2 is 1.75 bits per heavy atom. The van der Waals surface area contributed by atoms with Crippen LogP contribution in [0.25, 0.3) is 16.6 Å². The number of hydrogen-bond donors (Lipinski definition) is 2. The molecule has 0 spiro atoms. The van der Waals surface area contributed by atoms with Gasteiger partial charge in [0.25, 0.3) is 0 Å². The van der Waals surface area contributed by atoms with Crippen LogP contribution in [0.3, 0.4) is 0 Å². The average molecular weight is 378 g/mol. The van der Waals surface area contributed by atoms with Crippen LogP contribution in [-0.4, -0.2) is 41.3 Å². The highest BCUT2D eigenvalue weighted by atomic mass is 16.5. The molecule has 144 valence electrons. The van der Waals surface area contributed by atoms with Gasteiger partial charge in [0.2, 0.25) is 0 Å². The molecule has 0 unspecified atom stereocenters. The molecule has 2 aromatic carbocycles. The van der Waals surface area contributed by atoms with E-state index in [1.165, 1.54) is 0 Å². The summed E-state index contributed by atoms with van der Waals surface area (Å²) >= 11 is 0. The van der Waals surface area contributed by atoms with E-state index in [-0.39, 0.29) is 18.1 Å². The van der Waals surface area contributed by atoms with Crippen molar-refractivity contribution in [2.75, 3.05) is 25.7 Å². The number of imidazole rings is 1.